The largest absolute Gasteiger partial charge is 0.476 e. The predicted octanol–water partition coefficient (Wildman–Crippen LogP) is -0.0484. The number of aromatic nitrogens is 2. The first kappa shape index (κ1) is 12.1. The Morgan fingerprint density at radius 2 is 2.29 bits per heavy atom. The van der Waals surface area contributed by atoms with Crippen LogP contribution in [0.25, 0.3) is 0 Å². The number of carbonyl (C=O) groups is 1. The summed E-state index contributed by atoms with van der Waals surface area (Å²) >= 11 is 0. The molecule has 2 heterocycles. The van der Waals surface area contributed by atoms with E-state index in [0.717, 1.165) is 30.8 Å². The van der Waals surface area contributed by atoms with Crippen LogP contribution >= 0.6 is 0 Å². The van der Waals surface area contributed by atoms with Crippen molar-refractivity contribution in [3.05, 3.63) is 17.0 Å². The Hall–Kier alpha value is -1.40. The molecular formula is C11H17N3O3. The van der Waals surface area contributed by atoms with Crippen LogP contribution in [0.5, 0.6) is 0 Å². The van der Waals surface area contributed by atoms with E-state index in [1.165, 1.54) is 0 Å². The van der Waals surface area contributed by atoms with Gasteiger partial charge in [-0.2, -0.15) is 5.10 Å². The third-order valence-electron chi connectivity index (χ3n) is 3.17. The summed E-state index contributed by atoms with van der Waals surface area (Å²) in [7, 11) is 0. The molecule has 0 bridgehead atoms. The summed E-state index contributed by atoms with van der Waals surface area (Å²) in [6.45, 7) is 4.86. The van der Waals surface area contributed by atoms with Crippen LogP contribution in [-0.2, 0) is 19.5 Å². The molecule has 0 spiro atoms. The van der Waals surface area contributed by atoms with E-state index in [1.807, 2.05) is 0 Å². The zero-order chi connectivity index (χ0) is 12.4. The lowest BCUT2D eigenvalue weighted by Gasteiger charge is -2.25. The fourth-order valence-electron chi connectivity index (χ4n) is 2.27. The fraction of sp³-hybridized carbons (Fsp3) is 0.636. The molecule has 1 aromatic rings. The van der Waals surface area contributed by atoms with Gasteiger partial charge in [0.05, 0.1) is 13.2 Å². The minimum Gasteiger partial charge on any atom is -0.476 e. The standard InChI is InChI=1S/C11H17N3O3/c1-2-13-4-3-9-8(7-13)10(11(16)17)12-14(9)5-6-15/h15H,2-7H2,1H3,(H,16,17). The number of nitrogens with zero attached hydrogens (tertiary/aromatic N) is 3. The van der Waals surface area contributed by atoms with Gasteiger partial charge in [-0.3, -0.25) is 9.58 Å². The van der Waals surface area contributed by atoms with Crippen LogP contribution in [0.3, 0.4) is 0 Å². The van der Waals surface area contributed by atoms with Crippen LogP contribution in [0.4, 0.5) is 0 Å². The first-order chi connectivity index (χ1) is 8.17. The van der Waals surface area contributed by atoms with Crippen molar-refractivity contribution in [1.29, 1.82) is 0 Å². The number of hydrogen-bond acceptors (Lipinski definition) is 4. The van der Waals surface area contributed by atoms with E-state index in [-0.39, 0.29) is 12.3 Å². The van der Waals surface area contributed by atoms with Crippen molar-refractivity contribution < 1.29 is 15.0 Å². The normalized spacial score (nSPS) is 15.9. The first-order valence-electron chi connectivity index (χ1n) is 5.82. The number of carboxylic acid groups (broad SMARTS) is 1. The first-order valence-corrected chi connectivity index (χ1v) is 5.82. The van der Waals surface area contributed by atoms with Crippen LogP contribution in [0.2, 0.25) is 0 Å². The van der Waals surface area contributed by atoms with Crippen LogP contribution in [0.15, 0.2) is 0 Å². The highest BCUT2D eigenvalue weighted by molar-refractivity contribution is 5.87. The van der Waals surface area contributed by atoms with E-state index in [2.05, 4.69) is 16.9 Å². The third-order valence-corrected chi connectivity index (χ3v) is 3.17. The number of hydrogen-bond donors (Lipinski definition) is 2. The lowest BCUT2D eigenvalue weighted by atomic mass is 10.1. The maximum atomic E-state index is 11.1. The lowest BCUT2D eigenvalue weighted by Crippen LogP contribution is -2.31. The molecule has 0 saturated carbocycles. The van der Waals surface area contributed by atoms with Gasteiger partial charge in [-0.05, 0) is 6.54 Å². The van der Waals surface area contributed by atoms with Gasteiger partial charge in [-0.25, -0.2) is 4.79 Å². The van der Waals surface area contributed by atoms with Crippen molar-refractivity contribution in [2.75, 3.05) is 19.7 Å². The number of rotatable bonds is 4. The van der Waals surface area contributed by atoms with Gasteiger partial charge < -0.3 is 10.2 Å². The quantitative estimate of drug-likeness (QED) is 0.770. The van der Waals surface area contributed by atoms with Gasteiger partial charge in [0.15, 0.2) is 5.69 Å². The number of likely N-dealkylation sites (N-methyl/N-ethyl adjacent to an activating group) is 1. The summed E-state index contributed by atoms with van der Waals surface area (Å²) in [5.41, 5.74) is 1.90. The molecular weight excluding hydrogens is 222 g/mol. The minimum atomic E-state index is -0.990. The number of aliphatic hydroxyl groups is 1. The number of aromatic carboxylic acids is 1. The van der Waals surface area contributed by atoms with Crippen molar-refractivity contribution in [2.45, 2.75) is 26.4 Å². The topological polar surface area (TPSA) is 78.6 Å². The van der Waals surface area contributed by atoms with Crippen LogP contribution < -0.4 is 0 Å². The van der Waals surface area contributed by atoms with E-state index in [1.54, 1.807) is 4.68 Å². The van der Waals surface area contributed by atoms with Crippen LogP contribution in [-0.4, -0.2) is 50.6 Å². The molecule has 0 unspecified atom stereocenters. The number of carboxylic acids is 1. The van der Waals surface area contributed by atoms with Gasteiger partial charge in [0.2, 0.25) is 0 Å². The predicted molar refractivity (Wildman–Crippen MR) is 60.9 cm³/mol. The highest BCUT2D eigenvalue weighted by Gasteiger charge is 2.26. The SMILES string of the molecule is CCN1CCc2c(c(C(=O)O)nn2CCO)C1. The maximum absolute atomic E-state index is 11.1. The molecule has 0 aliphatic carbocycles. The van der Waals surface area contributed by atoms with Gasteiger partial charge in [-0.15, -0.1) is 0 Å². The van der Waals surface area contributed by atoms with Crippen LogP contribution in [0.1, 0.15) is 28.7 Å². The summed E-state index contributed by atoms with van der Waals surface area (Å²) in [4.78, 5) is 13.3. The maximum Gasteiger partial charge on any atom is 0.356 e. The lowest BCUT2D eigenvalue weighted by molar-refractivity contribution is 0.0686. The zero-order valence-corrected chi connectivity index (χ0v) is 9.89. The second-order valence-electron chi connectivity index (χ2n) is 4.14. The second-order valence-corrected chi connectivity index (χ2v) is 4.14. The number of aliphatic hydroxyl groups excluding tert-OH is 1. The van der Waals surface area contributed by atoms with Crippen molar-refractivity contribution in [2.24, 2.45) is 0 Å². The molecule has 17 heavy (non-hydrogen) atoms. The Balaban J connectivity index is 2.39. The molecule has 1 aliphatic rings. The molecule has 1 aromatic heterocycles. The molecule has 6 heteroatoms. The molecule has 0 atom stereocenters. The smallest absolute Gasteiger partial charge is 0.356 e. The van der Waals surface area contributed by atoms with Crippen molar-refractivity contribution >= 4 is 5.97 Å². The van der Waals surface area contributed by atoms with Crippen molar-refractivity contribution in [3.8, 4) is 0 Å². The molecule has 0 saturated heterocycles. The van der Waals surface area contributed by atoms with E-state index in [0.29, 0.717) is 13.1 Å². The Morgan fingerprint density at radius 3 is 2.88 bits per heavy atom. The second kappa shape index (κ2) is 4.85. The summed E-state index contributed by atoms with van der Waals surface area (Å²) in [6.07, 6.45) is 0.795. The average molecular weight is 239 g/mol. The summed E-state index contributed by atoms with van der Waals surface area (Å²) < 4.78 is 1.63. The molecule has 0 aromatic carbocycles. The van der Waals surface area contributed by atoms with Crippen LogP contribution in [0, 0.1) is 0 Å². The molecule has 2 N–H and O–H groups in total. The molecule has 6 nitrogen and oxygen atoms in total. The highest BCUT2D eigenvalue weighted by atomic mass is 16.4. The van der Waals surface area contributed by atoms with Gasteiger partial charge in [0.25, 0.3) is 0 Å². The van der Waals surface area contributed by atoms with E-state index >= 15 is 0 Å². The molecule has 94 valence electrons. The van der Waals surface area contributed by atoms with Crippen molar-refractivity contribution in [3.63, 3.8) is 0 Å². The van der Waals surface area contributed by atoms with E-state index in [4.69, 9.17) is 10.2 Å². The Morgan fingerprint density at radius 1 is 1.53 bits per heavy atom. The summed E-state index contributed by atoms with van der Waals surface area (Å²) in [5, 5.41) is 22.2. The van der Waals surface area contributed by atoms with E-state index in [9.17, 15) is 4.79 Å². The molecule has 0 radical (unpaired) electrons. The van der Waals surface area contributed by atoms with Gasteiger partial charge >= 0.3 is 5.97 Å². The average Bonchev–Trinajstić information content (AvgIpc) is 2.68. The summed E-state index contributed by atoms with van der Waals surface area (Å²) in [6, 6.07) is 0. The minimum absolute atomic E-state index is 0.0231. The molecule has 0 amide bonds. The molecule has 2 rings (SSSR count). The monoisotopic (exact) mass is 239 g/mol. The zero-order valence-electron chi connectivity index (χ0n) is 9.89. The Bertz CT molecular complexity index is 428. The van der Waals surface area contributed by atoms with E-state index < -0.39 is 5.97 Å². The van der Waals surface area contributed by atoms with Gasteiger partial charge in [0.1, 0.15) is 0 Å². The van der Waals surface area contributed by atoms with Crippen molar-refractivity contribution in [1.82, 2.24) is 14.7 Å². The third kappa shape index (κ3) is 2.18. The highest BCUT2D eigenvalue weighted by Crippen LogP contribution is 2.22. The molecule has 0 fully saturated rings. The number of fused-ring (bicyclic) bond motifs is 1. The fourth-order valence-corrected chi connectivity index (χ4v) is 2.27. The Labute approximate surface area is 99.5 Å². The molecule has 1 aliphatic heterocycles. The Kier molecular flexibility index (Phi) is 3.44. The van der Waals surface area contributed by atoms with Gasteiger partial charge in [-0.1, -0.05) is 6.92 Å². The van der Waals surface area contributed by atoms with Gasteiger partial charge in [0, 0.05) is 30.8 Å². The summed E-state index contributed by atoms with van der Waals surface area (Å²) in [5.74, 6) is -0.990.